The molecule has 0 aliphatic heterocycles. The lowest BCUT2D eigenvalue weighted by Gasteiger charge is -2.09. The number of hydrogen-bond acceptors (Lipinski definition) is 3. The number of pyridine rings is 1. The molecule has 96 valence electrons. The number of nitrogens with one attached hydrogen (secondary N) is 1. The van der Waals surface area contributed by atoms with Gasteiger partial charge in [0.15, 0.2) is 9.84 Å². The zero-order chi connectivity index (χ0) is 13.4. The lowest BCUT2D eigenvalue weighted by Crippen LogP contribution is -2.23. The third-order valence-corrected chi connectivity index (χ3v) is 3.99. The number of aromatic amines is 1. The molecule has 1 aromatic heterocycles. The summed E-state index contributed by atoms with van der Waals surface area (Å²) in [7, 11) is -3.91. The molecule has 0 atom stereocenters. The number of rotatable bonds is 2. The first kappa shape index (κ1) is 14.0. The maximum absolute atomic E-state index is 12.3. The Morgan fingerprint density at radius 1 is 1.41 bits per heavy atom. The Bertz CT molecular complexity index is 591. The molecule has 9 heteroatoms. The van der Waals surface area contributed by atoms with Crippen molar-refractivity contribution in [2.75, 3.05) is 5.75 Å². The molecule has 0 aliphatic carbocycles. The molecule has 1 N–H and O–H groups in total. The summed E-state index contributed by atoms with van der Waals surface area (Å²) in [5.41, 5.74) is -2.79. The average molecular weight is 290 g/mol. The number of aromatic nitrogens is 1. The van der Waals surface area contributed by atoms with Gasteiger partial charge in [-0.1, -0.05) is 18.5 Å². The van der Waals surface area contributed by atoms with Crippen molar-refractivity contribution in [2.45, 2.75) is 18.0 Å². The van der Waals surface area contributed by atoms with Crippen molar-refractivity contribution >= 4 is 21.4 Å². The van der Waals surface area contributed by atoms with Gasteiger partial charge in [-0.2, -0.15) is 13.2 Å². The van der Waals surface area contributed by atoms with Crippen molar-refractivity contribution in [1.29, 1.82) is 0 Å². The van der Waals surface area contributed by atoms with Gasteiger partial charge in [0.05, 0.1) is 10.8 Å². The van der Waals surface area contributed by atoms with Crippen molar-refractivity contribution in [3.05, 3.63) is 27.1 Å². The van der Waals surface area contributed by atoms with E-state index in [1.54, 1.807) is 0 Å². The fourth-order valence-electron chi connectivity index (χ4n) is 1.08. The van der Waals surface area contributed by atoms with Crippen molar-refractivity contribution in [3.8, 4) is 0 Å². The van der Waals surface area contributed by atoms with E-state index in [4.69, 9.17) is 11.6 Å². The predicted molar refractivity (Wildman–Crippen MR) is 54.8 cm³/mol. The van der Waals surface area contributed by atoms with Crippen LogP contribution in [0.25, 0.3) is 0 Å². The highest BCUT2D eigenvalue weighted by atomic mass is 35.5. The van der Waals surface area contributed by atoms with Gasteiger partial charge in [0, 0.05) is 0 Å². The van der Waals surface area contributed by atoms with Crippen molar-refractivity contribution in [3.63, 3.8) is 0 Å². The third kappa shape index (κ3) is 2.81. The van der Waals surface area contributed by atoms with Crippen LogP contribution in [0.15, 0.2) is 15.8 Å². The van der Waals surface area contributed by atoms with Gasteiger partial charge in [-0.25, -0.2) is 8.42 Å². The summed E-state index contributed by atoms with van der Waals surface area (Å²) in [6.07, 6.45) is -4.84. The highest BCUT2D eigenvalue weighted by molar-refractivity contribution is 7.91. The van der Waals surface area contributed by atoms with E-state index in [1.807, 2.05) is 0 Å². The van der Waals surface area contributed by atoms with Crippen LogP contribution in [0.3, 0.4) is 0 Å². The fourth-order valence-corrected chi connectivity index (χ4v) is 2.35. The number of sulfone groups is 1. The zero-order valence-electron chi connectivity index (χ0n) is 8.43. The lowest BCUT2D eigenvalue weighted by atomic mass is 10.3. The molecule has 0 bridgehead atoms. The molecule has 0 amide bonds. The predicted octanol–water partition coefficient (Wildman–Crippen LogP) is 1.84. The minimum absolute atomic E-state index is 0.405. The van der Waals surface area contributed by atoms with Crippen LogP contribution in [0, 0.1) is 0 Å². The zero-order valence-corrected chi connectivity index (χ0v) is 10.0. The van der Waals surface area contributed by atoms with E-state index in [0.29, 0.717) is 6.07 Å². The van der Waals surface area contributed by atoms with Crippen LogP contribution in [-0.4, -0.2) is 19.2 Å². The minimum Gasteiger partial charge on any atom is -0.316 e. The quantitative estimate of drug-likeness (QED) is 0.903. The summed E-state index contributed by atoms with van der Waals surface area (Å²) in [6, 6.07) is 0.516. The van der Waals surface area contributed by atoms with Gasteiger partial charge in [-0.05, 0) is 6.07 Å². The van der Waals surface area contributed by atoms with E-state index in [1.165, 1.54) is 11.9 Å². The maximum atomic E-state index is 12.3. The Morgan fingerprint density at radius 2 is 1.94 bits per heavy atom. The Labute approximate surface area is 99.3 Å². The van der Waals surface area contributed by atoms with E-state index in [-0.39, 0.29) is 0 Å². The SMILES string of the molecule is CCS(=O)(=O)c1cc(Cl)c(C(F)(F)F)[nH]c1=O. The van der Waals surface area contributed by atoms with Crippen LogP contribution in [0.2, 0.25) is 5.02 Å². The molecule has 0 fully saturated rings. The molecule has 0 radical (unpaired) electrons. The fraction of sp³-hybridized carbons (Fsp3) is 0.375. The van der Waals surface area contributed by atoms with E-state index < -0.39 is 42.9 Å². The molecule has 0 saturated heterocycles. The summed E-state index contributed by atoms with van der Waals surface area (Å²) in [5.74, 6) is -0.405. The van der Waals surface area contributed by atoms with Crippen LogP contribution in [0.5, 0.6) is 0 Å². The number of alkyl halides is 3. The van der Waals surface area contributed by atoms with E-state index in [2.05, 4.69) is 0 Å². The maximum Gasteiger partial charge on any atom is 0.432 e. The molecule has 1 heterocycles. The lowest BCUT2D eigenvalue weighted by molar-refractivity contribution is -0.141. The van der Waals surface area contributed by atoms with Gasteiger partial charge in [0.25, 0.3) is 5.56 Å². The van der Waals surface area contributed by atoms with E-state index in [9.17, 15) is 26.4 Å². The molecule has 4 nitrogen and oxygen atoms in total. The molecule has 0 unspecified atom stereocenters. The summed E-state index contributed by atoms with van der Waals surface area (Å²) in [5, 5.41) is -0.857. The second kappa shape index (κ2) is 4.34. The molecule has 17 heavy (non-hydrogen) atoms. The normalized spacial score (nSPS) is 12.8. The van der Waals surface area contributed by atoms with Gasteiger partial charge >= 0.3 is 6.18 Å². The molecule has 0 spiro atoms. The topological polar surface area (TPSA) is 67.0 Å². The Balaban J connectivity index is 3.56. The van der Waals surface area contributed by atoms with Gasteiger partial charge in [-0.3, -0.25) is 4.79 Å². The molecule has 0 aromatic carbocycles. The number of halogens is 4. The van der Waals surface area contributed by atoms with E-state index in [0.717, 1.165) is 0 Å². The first-order chi connectivity index (χ1) is 7.59. The van der Waals surface area contributed by atoms with Crippen LogP contribution in [-0.2, 0) is 16.0 Å². The second-order valence-electron chi connectivity index (χ2n) is 3.09. The summed E-state index contributed by atoms with van der Waals surface area (Å²) >= 11 is 5.29. The van der Waals surface area contributed by atoms with Gasteiger partial charge in [0.2, 0.25) is 0 Å². The summed E-state index contributed by atoms with van der Waals surface area (Å²) in [6.45, 7) is 1.26. The van der Waals surface area contributed by atoms with Crippen LogP contribution < -0.4 is 5.56 Å². The highest BCUT2D eigenvalue weighted by Gasteiger charge is 2.35. The smallest absolute Gasteiger partial charge is 0.316 e. The monoisotopic (exact) mass is 289 g/mol. The standard InChI is InChI=1S/C8H7ClF3NO3S/c1-2-17(15,16)5-3-4(9)6(8(10,11)12)13-7(5)14/h3H,2H2,1H3,(H,13,14). The average Bonchev–Trinajstić information content (AvgIpc) is 2.19. The van der Waals surface area contributed by atoms with E-state index >= 15 is 0 Å². The Kier molecular flexibility index (Phi) is 3.58. The van der Waals surface area contributed by atoms with Crippen LogP contribution in [0.4, 0.5) is 13.2 Å². The Hall–Kier alpha value is -1.02. The molecule has 0 saturated carbocycles. The van der Waals surface area contributed by atoms with Crippen molar-refractivity contribution < 1.29 is 21.6 Å². The number of H-pyrrole nitrogens is 1. The molecule has 1 aromatic rings. The van der Waals surface area contributed by atoms with Crippen LogP contribution in [0.1, 0.15) is 12.6 Å². The molecule has 1 rings (SSSR count). The first-order valence-corrected chi connectivity index (χ1v) is 6.35. The molecular formula is C8H7ClF3NO3S. The first-order valence-electron chi connectivity index (χ1n) is 4.32. The summed E-state index contributed by atoms with van der Waals surface area (Å²) < 4.78 is 59.8. The van der Waals surface area contributed by atoms with Gasteiger partial charge in [0.1, 0.15) is 10.6 Å². The number of hydrogen-bond donors (Lipinski definition) is 1. The van der Waals surface area contributed by atoms with Gasteiger partial charge in [-0.15, -0.1) is 0 Å². The Morgan fingerprint density at radius 3 is 2.35 bits per heavy atom. The van der Waals surface area contributed by atoms with Crippen molar-refractivity contribution in [1.82, 2.24) is 4.98 Å². The minimum atomic E-state index is -4.84. The molecular weight excluding hydrogens is 283 g/mol. The van der Waals surface area contributed by atoms with Gasteiger partial charge < -0.3 is 4.98 Å². The second-order valence-corrected chi connectivity index (χ2v) is 5.74. The molecule has 0 aliphatic rings. The summed E-state index contributed by atoms with van der Waals surface area (Å²) in [4.78, 5) is 11.9. The van der Waals surface area contributed by atoms with Crippen molar-refractivity contribution in [2.24, 2.45) is 0 Å². The third-order valence-electron chi connectivity index (χ3n) is 1.96. The highest BCUT2D eigenvalue weighted by Crippen LogP contribution is 2.32. The largest absolute Gasteiger partial charge is 0.432 e. The van der Waals surface area contributed by atoms with Crippen LogP contribution >= 0.6 is 11.6 Å².